The van der Waals surface area contributed by atoms with Gasteiger partial charge in [0.15, 0.2) is 11.3 Å². The fourth-order valence-corrected chi connectivity index (χ4v) is 2.83. The lowest BCUT2D eigenvalue weighted by atomic mass is 10.1. The molecule has 144 valence electrons. The van der Waals surface area contributed by atoms with E-state index in [2.05, 4.69) is 29.2 Å². The zero-order valence-corrected chi connectivity index (χ0v) is 15.2. The Morgan fingerprint density at radius 1 is 1.15 bits per heavy atom. The van der Waals surface area contributed by atoms with Gasteiger partial charge in [-0.25, -0.2) is 9.37 Å². The van der Waals surface area contributed by atoms with Gasteiger partial charge in [0.2, 0.25) is 0 Å². The van der Waals surface area contributed by atoms with Crippen LogP contribution in [0.2, 0.25) is 0 Å². The van der Waals surface area contributed by atoms with Crippen molar-refractivity contribution in [2.75, 3.05) is 11.9 Å². The Morgan fingerprint density at radius 3 is 2.41 bits per heavy atom. The highest BCUT2D eigenvalue weighted by Gasteiger charge is 2.39. The largest absolute Gasteiger partial charge is 0.435 e. The second-order valence-corrected chi connectivity index (χ2v) is 6.86. The molecule has 3 aromatic rings. The van der Waals surface area contributed by atoms with Crippen LogP contribution >= 0.6 is 0 Å². The second kappa shape index (κ2) is 7.17. The fourth-order valence-electron chi connectivity index (χ4n) is 2.83. The number of halogens is 4. The Labute approximate surface area is 154 Å². The average Bonchev–Trinajstić information content (AvgIpc) is 2.95. The van der Waals surface area contributed by atoms with Crippen molar-refractivity contribution in [2.24, 2.45) is 5.92 Å². The van der Waals surface area contributed by atoms with E-state index in [0.29, 0.717) is 24.0 Å². The maximum Gasteiger partial charge on any atom is 0.435 e. The molecule has 2 aromatic heterocycles. The predicted octanol–water partition coefficient (Wildman–Crippen LogP) is 5.32. The van der Waals surface area contributed by atoms with Crippen molar-refractivity contribution in [2.45, 2.75) is 33.4 Å². The molecule has 0 unspecified atom stereocenters. The number of hydrogen-bond acceptors (Lipinski definition) is 3. The van der Waals surface area contributed by atoms with E-state index in [1.54, 1.807) is 13.0 Å². The number of nitrogens with one attached hydrogen (secondary N) is 1. The van der Waals surface area contributed by atoms with Crippen LogP contribution in [0.1, 0.15) is 31.7 Å². The number of nitrogens with zero attached hydrogens (tertiary/aromatic N) is 3. The summed E-state index contributed by atoms with van der Waals surface area (Å²) in [6.45, 7) is 6.44. The monoisotopic (exact) mass is 380 g/mol. The highest BCUT2D eigenvalue weighted by atomic mass is 19.4. The minimum Gasteiger partial charge on any atom is -0.370 e. The lowest BCUT2D eigenvalue weighted by molar-refractivity contribution is -0.140. The van der Waals surface area contributed by atoms with Crippen LogP contribution in [0.3, 0.4) is 0 Å². The number of aromatic nitrogens is 3. The van der Waals surface area contributed by atoms with Gasteiger partial charge >= 0.3 is 6.18 Å². The molecule has 3 rings (SSSR count). The van der Waals surface area contributed by atoms with Crippen molar-refractivity contribution in [3.05, 3.63) is 47.5 Å². The first-order chi connectivity index (χ1) is 12.7. The molecule has 0 atom stereocenters. The molecule has 0 spiro atoms. The first-order valence-corrected chi connectivity index (χ1v) is 8.64. The lowest BCUT2D eigenvalue weighted by Crippen LogP contribution is -2.11. The van der Waals surface area contributed by atoms with Crippen molar-refractivity contribution in [1.82, 2.24) is 14.6 Å². The molecule has 0 fully saturated rings. The molecule has 8 heteroatoms. The van der Waals surface area contributed by atoms with Gasteiger partial charge in [0.05, 0.1) is 5.56 Å². The van der Waals surface area contributed by atoms with E-state index in [4.69, 9.17) is 0 Å². The number of rotatable bonds is 5. The number of anilines is 1. The van der Waals surface area contributed by atoms with Gasteiger partial charge in [-0.2, -0.15) is 22.8 Å². The fraction of sp³-hybridized carbons (Fsp3) is 0.368. The molecule has 0 aliphatic heterocycles. The molecule has 0 aliphatic rings. The standard InChI is InChI=1S/C19H20F4N4/c1-11(2)8-9-24-15-10-12(3)25-18-16(13-4-6-14(20)7-5-13)17(19(21,22)23)26-27(15)18/h4-7,10-11,24H,8-9H2,1-3H3. The summed E-state index contributed by atoms with van der Waals surface area (Å²) in [4.78, 5) is 4.28. The van der Waals surface area contributed by atoms with Crippen LogP contribution in [0, 0.1) is 18.7 Å². The molecule has 2 heterocycles. The number of benzene rings is 1. The summed E-state index contributed by atoms with van der Waals surface area (Å²) >= 11 is 0. The van der Waals surface area contributed by atoms with E-state index in [1.807, 2.05) is 0 Å². The third-order valence-electron chi connectivity index (χ3n) is 4.15. The molecule has 0 saturated carbocycles. The van der Waals surface area contributed by atoms with Gasteiger partial charge in [0.25, 0.3) is 0 Å². The highest BCUT2D eigenvalue weighted by Crippen LogP contribution is 2.39. The van der Waals surface area contributed by atoms with Gasteiger partial charge < -0.3 is 5.32 Å². The van der Waals surface area contributed by atoms with E-state index in [1.165, 1.54) is 16.6 Å². The van der Waals surface area contributed by atoms with Crippen molar-refractivity contribution in [3.8, 4) is 11.1 Å². The summed E-state index contributed by atoms with van der Waals surface area (Å²) < 4.78 is 55.3. The van der Waals surface area contributed by atoms with E-state index in [0.717, 1.165) is 18.6 Å². The summed E-state index contributed by atoms with van der Waals surface area (Å²) in [6, 6.07) is 6.51. The zero-order valence-electron chi connectivity index (χ0n) is 15.2. The first-order valence-electron chi connectivity index (χ1n) is 8.64. The number of fused-ring (bicyclic) bond motifs is 1. The van der Waals surface area contributed by atoms with Crippen LogP contribution in [-0.2, 0) is 6.18 Å². The lowest BCUT2D eigenvalue weighted by Gasteiger charge is -2.11. The molecule has 27 heavy (non-hydrogen) atoms. The predicted molar refractivity (Wildman–Crippen MR) is 96.1 cm³/mol. The second-order valence-electron chi connectivity index (χ2n) is 6.86. The molecule has 4 nitrogen and oxygen atoms in total. The molecule has 1 aromatic carbocycles. The van der Waals surface area contributed by atoms with E-state index in [-0.39, 0.29) is 16.8 Å². The maximum absolute atomic E-state index is 13.6. The molecule has 0 aliphatic carbocycles. The molecular formula is C19H20F4N4. The van der Waals surface area contributed by atoms with Gasteiger partial charge in [0, 0.05) is 18.3 Å². The number of aryl methyl sites for hydroxylation is 1. The molecule has 0 amide bonds. The van der Waals surface area contributed by atoms with Gasteiger partial charge in [0.1, 0.15) is 11.6 Å². The van der Waals surface area contributed by atoms with Crippen LogP contribution in [0.4, 0.5) is 23.4 Å². The summed E-state index contributed by atoms with van der Waals surface area (Å²) in [5.41, 5.74) is -0.338. The third kappa shape index (κ3) is 4.04. The van der Waals surface area contributed by atoms with Crippen LogP contribution in [0.15, 0.2) is 30.3 Å². The Kier molecular flexibility index (Phi) is 5.08. The Bertz CT molecular complexity index is 943. The number of alkyl halides is 3. The van der Waals surface area contributed by atoms with E-state index in [9.17, 15) is 17.6 Å². The van der Waals surface area contributed by atoms with Crippen molar-refractivity contribution < 1.29 is 17.6 Å². The van der Waals surface area contributed by atoms with Crippen LogP contribution in [0.25, 0.3) is 16.8 Å². The number of hydrogen-bond donors (Lipinski definition) is 1. The topological polar surface area (TPSA) is 42.2 Å². The molecule has 1 N–H and O–H groups in total. The van der Waals surface area contributed by atoms with Crippen molar-refractivity contribution >= 4 is 11.5 Å². The van der Waals surface area contributed by atoms with Gasteiger partial charge in [-0.3, -0.25) is 0 Å². The quantitative estimate of drug-likeness (QED) is 0.609. The first kappa shape index (κ1) is 19.1. The normalized spacial score (nSPS) is 12.1. The van der Waals surface area contributed by atoms with Crippen LogP contribution in [0.5, 0.6) is 0 Å². The molecular weight excluding hydrogens is 360 g/mol. The highest BCUT2D eigenvalue weighted by molar-refractivity contribution is 5.81. The zero-order chi connectivity index (χ0) is 19.8. The summed E-state index contributed by atoms with van der Waals surface area (Å²) in [7, 11) is 0. The molecule has 0 saturated heterocycles. The summed E-state index contributed by atoms with van der Waals surface area (Å²) in [5.74, 6) is 0.370. The Hall–Kier alpha value is -2.64. The summed E-state index contributed by atoms with van der Waals surface area (Å²) in [5, 5.41) is 6.94. The van der Waals surface area contributed by atoms with Crippen LogP contribution in [-0.4, -0.2) is 21.1 Å². The van der Waals surface area contributed by atoms with Crippen molar-refractivity contribution in [3.63, 3.8) is 0 Å². The van der Waals surface area contributed by atoms with E-state index >= 15 is 0 Å². The summed E-state index contributed by atoms with van der Waals surface area (Å²) in [6.07, 6.45) is -3.80. The SMILES string of the molecule is Cc1cc(NCCC(C)C)n2nc(C(F)(F)F)c(-c3ccc(F)cc3)c2n1. The minimum absolute atomic E-state index is 0.0842. The Balaban J connectivity index is 2.20. The molecule has 0 radical (unpaired) electrons. The minimum atomic E-state index is -4.67. The van der Waals surface area contributed by atoms with Crippen LogP contribution < -0.4 is 5.32 Å². The van der Waals surface area contributed by atoms with Gasteiger partial charge in [-0.15, -0.1) is 0 Å². The average molecular weight is 380 g/mol. The Morgan fingerprint density at radius 2 is 1.81 bits per heavy atom. The van der Waals surface area contributed by atoms with Crippen molar-refractivity contribution in [1.29, 1.82) is 0 Å². The smallest absolute Gasteiger partial charge is 0.370 e. The van der Waals surface area contributed by atoms with E-state index < -0.39 is 17.7 Å². The van der Waals surface area contributed by atoms with Gasteiger partial charge in [-0.1, -0.05) is 26.0 Å². The van der Waals surface area contributed by atoms with Gasteiger partial charge in [-0.05, 0) is 37.0 Å². The third-order valence-corrected chi connectivity index (χ3v) is 4.15. The maximum atomic E-state index is 13.6. The molecule has 0 bridgehead atoms.